The van der Waals surface area contributed by atoms with Crippen LogP contribution in [-0.2, 0) is 42.7 Å². The van der Waals surface area contributed by atoms with Crippen LogP contribution in [0.5, 0.6) is 0 Å². The monoisotopic (exact) mass is 352 g/mol. The second-order valence-electron chi connectivity index (χ2n) is 2.11. The van der Waals surface area contributed by atoms with Gasteiger partial charge in [-0.1, -0.05) is 15.9 Å². The van der Waals surface area contributed by atoms with Crippen LogP contribution in [-0.4, -0.2) is 15.5 Å². The molecule has 0 saturated heterocycles. The van der Waals surface area contributed by atoms with Crippen LogP contribution < -0.4 is 0 Å². The fourth-order valence-electron chi connectivity index (χ4n) is 0.712. The summed E-state index contributed by atoms with van der Waals surface area (Å²) in [5, 5.41) is 0. The number of hydrogen-bond acceptors (Lipinski definition) is 2. The molecule has 0 amide bonds. The van der Waals surface area contributed by atoms with E-state index in [2.05, 4.69) is 20.7 Å². The third-order valence-electron chi connectivity index (χ3n) is 1.35. The van der Waals surface area contributed by atoms with Crippen LogP contribution in [0.4, 0.5) is 0 Å². The van der Waals surface area contributed by atoms with Crippen LogP contribution in [0.1, 0.15) is 0 Å². The van der Waals surface area contributed by atoms with Gasteiger partial charge in [0.2, 0.25) is 0 Å². The molecule has 3 nitrogen and oxygen atoms in total. The normalized spacial score (nSPS) is 9.86. The van der Waals surface area contributed by atoms with Crippen LogP contribution in [0.25, 0.3) is 4.72 Å². The molecule has 0 aliphatic heterocycles. The van der Waals surface area contributed by atoms with Crippen molar-refractivity contribution in [1.29, 1.82) is 0 Å². The molecule has 1 rings (SSSR count). The molecule has 0 spiro atoms. The molecule has 0 N–H and O–H groups in total. The molecule has 14 heavy (non-hydrogen) atoms. The molecule has 0 heterocycles. The molecular weight excluding hydrogens is 343 g/mol. The van der Waals surface area contributed by atoms with E-state index in [1.54, 1.807) is 12.1 Å². The van der Waals surface area contributed by atoms with E-state index in [9.17, 15) is 8.42 Å². The van der Waals surface area contributed by atoms with E-state index in [1.807, 2.05) is 0 Å². The van der Waals surface area contributed by atoms with E-state index < -0.39 is 10.0 Å². The Kier molecular flexibility index (Phi) is 8.64. The topological polar surface area (TPSA) is 48.2 Å². The number of benzene rings is 1. The van der Waals surface area contributed by atoms with Gasteiger partial charge in [0.1, 0.15) is 10.0 Å². The largest absolute Gasteiger partial charge is 0.547 e. The summed E-state index contributed by atoms with van der Waals surface area (Å²) < 4.78 is 26.4. The molecule has 0 unspecified atom stereocenters. The Morgan fingerprint density at radius 2 is 1.64 bits per heavy atom. The van der Waals surface area contributed by atoms with Gasteiger partial charge in [-0.2, -0.15) is 7.05 Å². The molecule has 0 bridgehead atoms. The predicted octanol–water partition coefficient (Wildman–Crippen LogP) is 2.59. The molecule has 0 aliphatic rings. The van der Waals surface area contributed by atoms with Crippen molar-refractivity contribution in [3.8, 4) is 0 Å². The fourth-order valence-corrected chi connectivity index (χ4v) is 1.67. The third kappa shape index (κ3) is 4.49. The fraction of sp³-hybridized carbons (Fsp3) is 0.125. The molecule has 0 aromatic heterocycles. The predicted molar refractivity (Wildman–Crippen MR) is 57.0 cm³/mol. The summed E-state index contributed by atoms with van der Waals surface area (Å²) in [6.07, 6.45) is 0. The zero-order valence-corrected chi connectivity index (χ0v) is 13.2. The summed E-state index contributed by atoms with van der Waals surface area (Å²) in [6.45, 7) is 0. The average molecular weight is 353 g/mol. The van der Waals surface area contributed by atoms with Crippen molar-refractivity contribution >= 4 is 26.0 Å². The summed E-state index contributed by atoms with van der Waals surface area (Å²) in [5.41, 5.74) is 0. The van der Waals surface area contributed by atoms with Crippen LogP contribution in [0.15, 0.2) is 33.6 Å². The molecule has 1 radical (unpaired) electrons. The van der Waals surface area contributed by atoms with Gasteiger partial charge in [0, 0.05) is 42.1 Å². The number of sulfonamides is 1. The van der Waals surface area contributed by atoms with Gasteiger partial charge >= 0.3 is 0 Å². The van der Waals surface area contributed by atoms with Gasteiger partial charge in [0.05, 0.1) is 0 Å². The van der Waals surface area contributed by atoms with E-state index in [1.165, 1.54) is 19.2 Å². The standard InChI is InChI=1S/C7H7BrNO2S.CH3.Y/c1-9-12(10,11)7-4-2-6(8)3-5-7;;/h2-5H,1H3;1H3;/q2*-1;. The molecule has 77 valence electrons. The number of hydrogen-bond donors (Lipinski definition) is 0. The van der Waals surface area contributed by atoms with E-state index in [0.29, 0.717) is 0 Å². The first-order valence-electron chi connectivity index (χ1n) is 3.18. The Balaban J connectivity index is 0. The molecule has 1 aromatic carbocycles. The van der Waals surface area contributed by atoms with Crippen molar-refractivity contribution in [2.45, 2.75) is 4.90 Å². The van der Waals surface area contributed by atoms with E-state index in [-0.39, 0.29) is 45.0 Å². The van der Waals surface area contributed by atoms with Gasteiger partial charge in [-0.25, -0.2) is 8.42 Å². The minimum atomic E-state index is -3.41. The Labute approximate surface area is 119 Å². The van der Waals surface area contributed by atoms with Crippen molar-refractivity contribution in [2.24, 2.45) is 0 Å². The van der Waals surface area contributed by atoms with Gasteiger partial charge in [-0.15, -0.1) is 0 Å². The van der Waals surface area contributed by atoms with Crippen LogP contribution in [0.3, 0.4) is 0 Å². The van der Waals surface area contributed by atoms with Crippen molar-refractivity contribution in [3.05, 3.63) is 40.9 Å². The van der Waals surface area contributed by atoms with E-state index in [0.717, 1.165) is 4.47 Å². The minimum absolute atomic E-state index is 0. The smallest absolute Gasteiger partial charge is 0.101 e. The van der Waals surface area contributed by atoms with E-state index in [4.69, 9.17) is 0 Å². The van der Waals surface area contributed by atoms with Gasteiger partial charge in [0.25, 0.3) is 0 Å². The summed E-state index contributed by atoms with van der Waals surface area (Å²) >= 11 is 3.21. The number of nitrogens with zero attached hydrogens (tertiary/aromatic N) is 1. The quantitative estimate of drug-likeness (QED) is 0.768. The van der Waals surface area contributed by atoms with Gasteiger partial charge in [-0.05, 0) is 24.3 Å². The maximum absolute atomic E-state index is 11.1. The summed E-state index contributed by atoms with van der Waals surface area (Å²) in [7, 11) is -2.15. The zero-order valence-electron chi connectivity index (χ0n) is 7.94. The first-order valence-corrected chi connectivity index (χ1v) is 5.41. The van der Waals surface area contributed by atoms with Crippen molar-refractivity contribution < 1.29 is 41.1 Å². The molecule has 6 heteroatoms. The van der Waals surface area contributed by atoms with Crippen LogP contribution in [0, 0.1) is 7.43 Å². The maximum Gasteiger partial charge on any atom is 0.101 e. The van der Waals surface area contributed by atoms with Crippen molar-refractivity contribution in [2.75, 3.05) is 7.05 Å². The molecule has 0 atom stereocenters. The molecule has 0 fully saturated rings. The SMILES string of the molecule is C[N-]S(=O)(=O)c1ccc(Br)cc1.[CH3-].[Y]. The second kappa shape index (κ2) is 7.06. The maximum atomic E-state index is 11.1. The molecule has 0 saturated carbocycles. The average Bonchev–Trinajstić information content (AvgIpc) is 2.05. The van der Waals surface area contributed by atoms with Gasteiger partial charge in [0.15, 0.2) is 0 Å². The Hall–Kier alpha value is 0.714. The summed E-state index contributed by atoms with van der Waals surface area (Å²) in [5.74, 6) is 0. The molecule has 1 aromatic rings. The Morgan fingerprint density at radius 3 is 2.00 bits per heavy atom. The van der Waals surface area contributed by atoms with Gasteiger partial charge in [-0.3, -0.25) is 0 Å². The van der Waals surface area contributed by atoms with Crippen molar-refractivity contribution in [1.82, 2.24) is 0 Å². The van der Waals surface area contributed by atoms with Crippen LogP contribution in [0.2, 0.25) is 0 Å². The molecular formula is C8H10BrNO2SY-2. The first-order chi connectivity index (χ1) is 5.56. The van der Waals surface area contributed by atoms with Crippen LogP contribution >= 0.6 is 15.9 Å². The van der Waals surface area contributed by atoms with Crippen molar-refractivity contribution in [3.63, 3.8) is 0 Å². The minimum Gasteiger partial charge on any atom is -0.547 e. The Bertz CT molecular complexity index is 363. The first kappa shape index (κ1) is 17.1. The Morgan fingerprint density at radius 1 is 1.21 bits per heavy atom. The number of halogens is 1. The zero-order chi connectivity index (χ0) is 9.19. The van der Waals surface area contributed by atoms with E-state index >= 15 is 0 Å². The second-order valence-corrected chi connectivity index (χ2v) is 4.81. The summed E-state index contributed by atoms with van der Waals surface area (Å²) in [6, 6.07) is 6.34. The van der Waals surface area contributed by atoms with Gasteiger partial charge < -0.3 is 12.1 Å². The summed E-state index contributed by atoms with van der Waals surface area (Å²) in [4.78, 5) is 0.216. The number of rotatable bonds is 2. The molecule has 0 aliphatic carbocycles. The third-order valence-corrected chi connectivity index (χ3v) is 3.23.